The zero-order valence-electron chi connectivity index (χ0n) is 15.5. The Bertz CT molecular complexity index is 1020. The first kappa shape index (κ1) is 17.8. The van der Waals surface area contributed by atoms with Crippen LogP contribution in [0.4, 0.5) is 5.69 Å². The van der Waals surface area contributed by atoms with Crippen LogP contribution >= 0.6 is 0 Å². The van der Waals surface area contributed by atoms with Crippen molar-refractivity contribution in [3.63, 3.8) is 0 Å². The smallest absolute Gasteiger partial charge is 0.288 e. The van der Waals surface area contributed by atoms with Crippen LogP contribution in [0.5, 0.6) is 0 Å². The number of fused-ring (bicyclic) bond motifs is 1. The Kier molecular flexibility index (Phi) is 4.57. The molecule has 7 nitrogen and oxygen atoms in total. The van der Waals surface area contributed by atoms with Crippen LogP contribution in [0.3, 0.4) is 0 Å². The highest BCUT2D eigenvalue weighted by Gasteiger charge is 2.31. The summed E-state index contributed by atoms with van der Waals surface area (Å²) in [5.74, 6) is 0.0928. The molecule has 2 N–H and O–H groups in total. The molecule has 0 fully saturated rings. The minimum absolute atomic E-state index is 0.0823. The number of hydrogen-bond acceptors (Lipinski definition) is 5. The normalized spacial score (nSPS) is 17.8. The van der Waals surface area contributed by atoms with E-state index < -0.39 is 11.9 Å². The van der Waals surface area contributed by atoms with Gasteiger partial charge in [-0.3, -0.25) is 15.0 Å². The number of carbonyl (C=O) groups excluding carboxylic acids is 2. The van der Waals surface area contributed by atoms with Gasteiger partial charge in [-0.15, -0.1) is 0 Å². The molecule has 0 saturated carbocycles. The van der Waals surface area contributed by atoms with Crippen molar-refractivity contribution in [2.75, 3.05) is 5.01 Å². The fourth-order valence-corrected chi connectivity index (χ4v) is 3.06. The minimum Gasteiger partial charge on any atom is -0.459 e. The van der Waals surface area contributed by atoms with E-state index >= 15 is 0 Å². The maximum atomic E-state index is 12.7. The molecule has 0 radical (unpaired) electrons. The number of nitrogens with one attached hydrogen (secondary N) is 2. The van der Waals surface area contributed by atoms with Gasteiger partial charge in [-0.2, -0.15) is 0 Å². The lowest BCUT2D eigenvalue weighted by molar-refractivity contribution is -0.120. The molecule has 0 saturated heterocycles. The summed E-state index contributed by atoms with van der Waals surface area (Å²) in [4.78, 5) is 29.4. The average molecular weight is 376 g/mol. The topological polar surface area (TPSA) is 86.9 Å². The van der Waals surface area contributed by atoms with Gasteiger partial charge in [0, 0.05) is 5.39 Å². The number of nitrogens with zero attached hydrogens (tertiary/aromatic N) is 2. The molecule has 3 aromatic rings. The number of anilines is 1. The Labute approximate surface area is 162 Å². The first-order chi connectivity index (χ1) is 13.5. The number of hydrazine groups is 1. The number of carbonyl (C=O) groups is 2. The number of aliphatic imine (C=N–C) groups is 1. The third-order valence-electron chi connectivity index (χ3n) is 4.57. The maximum absolute atomic E-state index is 12.7. The van der Waals surface area contributed by atoms with Crippen LogP contribution in [0.25, 0.3) is 11.0 Å². The third-order valence-corrected chi connectivity index (χ3v) is 4.57. The second-order valence-electron chi connectivity index (χ2n) is 6.66. The van der Waals surface area contributed by atoms with Crippen molar-refractivity contribution in [2.24, 2.45) is 4.99 Å². The van der Waals surface area contributed by atoms with Gasteiger partial charge in [0.15, 0.2) is 0 Å². The quantitative estimate of drug-likeness (QED) is 0.733. The highest BCUT2D eigenvalue weighted by Crippen LogP contribution is 2.23. The molecule has 2 amide bonds. The van der Waals surface area contributed by atoms with Crippen LogP contribution in [0.2, 0.25) is 0 Å². The zero-order valence-corrected chi connectivity index (χ0v) is 15.5. The van der Waals surface area contributed by atoms with Crippen molar-refractivity contribution in [2.45, 2.75) is 25.9 Å². The Morgan fingerprint density at radius 2 is 1.89 bits per heavy atom. The van der Waals surface area contributed by atoms with E-state index in [0.717, 1.165) is 11.0 Å². The van der Waals surface area contributed by atoms with Gasteiger partial charge in [0.2, 0.25) is 5.84 Å². The van der Waals surface area contributed by atoms with Crippen LogP contribution in [-0.4, -0.2) is 23.7 Å². The van der Waals surface area contributed by atoms with Crippen LogP contribution in [0, 0.1) is 0 Å². The van der Waals surface area contributed by atoms with Gasteiger partial charge in [0.25, 0.3) is 11.8 Å². The maximum Gasteiger partial charge on any atom is 0.288 e. The van der Waals surface area contributed by atoms with E-state index in [-0.39, 0.29) is 17.8 Å². The van der Waals surface area contributed by atoms with Gasteiger partial charge in [0.05, 0.1) is 11.7 Å². The zero-order chi connectivity index (χ0) is 19.7. The van der Waals surface area contributed by atoms with Crippen molar-refractivity contribution in [3.05, 3.63) is 66.4 Å². The van der Waals surface area contributed by atoms with Gasteiger partial charge in [0.1, 0.15) is 17.4 Å². The molecular formula is C21H20N4O3. The molecular weight excluding hydrogens is 356 g/mol. The first-order valence-electron chi connectivity index (χ1n) is 9.06. The molecule has 1 aliphatic heterocycles. The van der Waals surface area contributed by atoms with Crippen LogP contribution < -0.4 is 15.8 Å². The number of hydrogen-bond donors (Lipinski definition) is 2. The molecule has 4 rings (SSSR count). The predicted octanol–water partition coefficient (Wildman–Crippen LogP) is 2.95. The van der Waals surface area contributed by atoms with Gasteiger partial charge < -0.3 is 9.73 Å². The molecule has 2 unspecified atom stereocenters. The summed E-state index contributed by atoms with van der Waals surface area (Å²) in [6.07, 6.45) is 0. The van der Waals surface area contributed by atoms with E-state index in [9.17, 15) is 9.59 Å². The SMILES string of the molecule is CC1N=C(C(=O)NC(C)c2cc3ccccc3o2)NN(c2ccccc2)C1=O. The molecule has 28 heavy (non-hydrogen) atoms. The van der Waals surface area contributed by atoms with E-state index in [1.165, 1.54) is 5.01 Å². The van der Waals surface area contributed by atoms with Crippen molar-refractivity contribution < 1.29 is 14.0 Å². The summed E-state index contributed by atoms with van der Waals surface area (Å²) in [6.45, 7) is 3.50. The number of para-hydroxylation sites is 2. The number of amides is 2. The average Bonchev–Trinajstić information content (AvgIpc) is 3.15. The van der Waals surface area contributed by atoms with Crippen molar-refractivity contribution in [3.8, 4) is 0 Å². The Hall–Kier alpha value is -3.61. The highest BCUT2D eigenvalue weighted by atomic mass is 16.3. The summed E-state index contributed by atoms with van der Waals surface area (Å²) in [7, 11) is 0. The molecule has 1 aliphatic rings. The predicted molar refractivity (Wildman–Crippen MR) is 107 cm³/mol. The second-order valence-corrected chi connectivity index (χ2v) is 6.66. The van der Waals surface area contributed by atoms with Crippen molar-refractivity contribution in [1.82, 2.24) is 10.7 Å². The van der Waals surface area contributed by atoms with Gasteiger partial charge in [-0.25, -0.2) is 10.0 Å². The summed E-state index contributed by atoms with van der Waals surface area (Å²) in [5.41, 5.74) is 4.23. The molecule has 0 spiro atoms. The van der Waals surface area contributed by atoms with Gasteiger partial charge >= 0.3 is 0 Å². The van der Waals surface area contributed by atoms with Crippen molar-refractivity contribution in [1.29, 1.82) is 0 Å². The number of amidine groups is 1. The van der Waals surface area contributed by atoms with Gasteiger partial charge in [-0.1, -0.05) is 36.4 Å². The Morgan fingerprint density at radius 1 is 1.18 bits per heavy atom. The second kappa shape index (κ2) is 7.19. The summed E-state index contributed by atoms with van der Waals surface area (Å²) < 4.78 is 5.81. The molecule has 2 atom stereocenters. The van der Waals surface area contributed by atoms with Gasteiger partial charge in [-0.05, 0) is 38.1 Å². The fraction of sp³-hybridized carbons (Fsp3) is 0.190. The molecule has 7 heteroatoms. The molecule has 2 aromatic carbocycles. The molecule has 142 valence electrons. The number of furan rings is 1. The van der Waals surface area contributed by atoms with E-state index in [0.29, 0.717) is 11.4 Å². The molecule has 2 heterocycles. The van der Waals surface area contributed by atoms with Crippen molar-refractivity contribution >= 4 is 34.3 Å². The lowest BCUT2D eigenvalue weighted by Crippen LogP contribution is -2.58. The first-order valence-corrected chi connectivity index (χ1v) is 9.06. The van der Waals surface area contributed by atoms with E-state index in [2.05, 4.69) is 15.7 Å². The third kappa shape index (κ3) is 3.34. The summed E-state index contributed by atoms with van der Waals surface area (Å²) >= 11 is 0. The number of rotatable bonds is 4. The van der Waals surface area contributed by atoms with Crippen LogP contribution in [-0.2, 0) is 9.59 Å². The summed E-state index contributed by atoms with van der Waals surface area (Å²) in [6, 6.07) is 17.6. The standard InChI is InChI=1S/C21H20N4O3/c1-13(18-12-15-8-6-7-11-17(15)28-18)23-20(26)19-22-14(2)21(27)25(24-19)16-9-4-3-5-10-16/h3-14H,1-2H3,(H,22,24)(H,23,26). The highest BCUT2D eigenvalue weighted by molar-refractivity contribution is 6.39. The van der Waals surface area contributed by atoms with E-state index in [4.69, 9.17) is 4.42 Å². The number of benzene rings is 2. The largest absolute Gasteiger partial charge is 0.459 e. The molecule has 0 bridgehead atoms. The lowest BCUT2D eigenvalue weighted by atomic mass is 10.2. The minimum atomic E-state index is -0.663. The molecule has 1 aromatic heterocycles. The van der Waals surface area contributed by atoms with Crippen LogP contribution in [0.1, 0.15) is 25.6 Å². The van der Waals surface area contributed by atoms with E-state index in [1.54, 1.807) is 19.1 Å². The van der Waals surface area contributed by atoms with E-state index in [1.807, 2.05) is 55.5 Å². The lowest BCUT2D eigenvalue weighted by Gasteiger charge is -2.30. The monoisotopic (exact) mass is 376 g/mol. The molecule has 0 aliphatic carbocycles. The fourth-order valence-electron chi connectivity index (χ4n) is 3.06. The Morgan fingerprint density at radius 3 is 2.64 bits per heavy atom. The van der Waals surface area contributed by atoms with Crippen LogP contribution in [0.15, 0.2) is 70.1 Å². The Balaban J connectivity index is 1.52. The summed E-state index contributed by atoms with van der Waals surface area (Å²) in [5, 5.41) is 5.19.